The summed E-state index contributed by atoms with van der Waals surface area (Å²) in [6, 6.07) is 30.0. The van der Waals surface area contributed by atoms with Crippen molar-refractivity contribution >= 4 is 17.3 Å². The van der Waals surface area contributed by atoms with Gasteiger partial charge in [-0.1, -0.05) is 78.9 Å². The molecule has 4 heteroatoms. The van der Waals surface area contributed by atoms with Crippen molar-refractivity contribution in [2.24, 2.45) is 4.99 Å². The summed E-state index contributed by atoms with van der Waals surface area (Å²) in [6.45, 7) is 1.28. The predicted octanol–water partition coefficient (Wildman–Crippen LogP) is 4.12. The number of nitrogens with one attached hydrogen (secondary N) is 1. The Balaban J connectivity index is 1.73. The minimum absolute atomic E-state index is 0.00872. The molecule has 3 aromatic rings. The molecule has 4 nitrogen and oxygen atoms in total. The molecule has 0 saturated heterocycles. The molecule has 0 saturated carbocycles. The average Bonchev–Trinajstić information content (AvgIpc) is 2.93. The largest absolute Gasteiger partial charge is 0.378 e. The molecule has 0 spiro atoms. The molecule has 142 valence electrons. The van der Waals surface area contributed by atoms with E-state index in [0.717, 1.165) is 28.1 Å². The van der Waals surface area contributed by atoms with Crippen molar-refractivity contribution in [1.82, 2.24) is 5.32 Å². The van der Waals surface area contributed by atoms with E-state index >= 15 is 0 Å². The predicted molar refractivity (Wildman–Crippen MR) is 116 cm³/mol. The minimum atomic E-state index is -0.231. The van der Waals surface area contributed by atoms with Gasteiger partial charge in [0.15, 0.2) is 0 Å². The minimum Gasteiger partial charge on any atom is -0.378 e. The molecule has 1 N–H and O–H groups in total. The van der Waals surface area contributed by atoms with Crippen LogP contribution in [-0.4, -0.2) is 24.7 Å². The van der Waals surface area contributed by atoms with Gasteiger partial charge in [0.05, 0.1) is 18.3 Å². The van der Waals surface area contributed by atoms with Gasteiger partial charge in [0.25, 0.3) is 5.91 Å². The van der Waals surface area contributed by atoms with Gasteiger partial charge in [-0.2, -0.15) is 0 Å². The molecule has 0 aliphatic carbocycles. The number of carbonyl (C=O) groups is 1. The first-order chi connectivity index (χ1) is 14.3. The fourth-order valence-electron chi connectivity index (χ4n) is 4.12. The normalized spacial score (nSPS) is 18.8. The zero-order valence-electron chi connectivity index (χ0n) is 16.0. The third-order valence-electron chi connectivity index (χ3n) is 5.37. The van der Waals surface area contributed by atoms with Gasteiger partial charge >= 0.3 is 0 Å². The monoisotopic (exact) mass is 379 g/mol. The van der Waals surface area contributed by atoms with Crippen LogP contribution < -0.4 is 10.2 Å². The van der Waals surface area contributed by atoms with E-state index in [1.165, 1.54) is 0 Å². The molecule has 0 radical (unpaired) electrons. The summed E-state index contributed by atoms with van der Waals surface area (Å²) in [4.78, 5) is 20.4. The number of nitrogens with zero attached hydrogens (tertiary/aromatic N) is 2. The lowest BCUT2D eigenvalue weighted by atomic mass is 9.91. The summed E-state index contributed by atoms with van der Waals surface area (Å²) in [6.07, 6.45) is 0. The highest BCUT2D eigenvalue weighted by molar-refractivity contribution is 6.23. The SMILES string of the molecule is O=C1C2=C(C(c3ccccc3)=NCCN2)[C@@H](c2ccccc2)N1c1ccccc1. The Morgan fingerprint density at radius 2 is 1.45 bits per heavy atom. The maximum Gasteiger partial charge on any atom is 0.275 e. The Morgan fingerprint density at radius 3 is 2.14 bits per heavy atom. The zero-order chi connectivity index (χ0) is 19.6. The van der Waals surface area contributed by atoms with Crippen molar-refractivity contribution in [3.8, 4) is 0 Å². The lowest BCUT2D eigenvalue weighted by molar-refractivity contribution is -0.115. The fourth-order valence-corrected chi connectivity index (χ4v) is 4.12. The smallest absolute Gasteiger partial charge is 0.275 e. The van der Waals surface area contributed by atoms with Gasteiger partial charge in [-0.15, -0.1) is 0 Å². The van der Waals surface area contributed by atoms with Crippen LogP contribution >= 0.6 is 0 Å². The molecule has 29 heavy (non-hydrogen) atoms. The second-order valence-corrected chi connectivity index (χ2v) is 7.14. The van der Waals surface area contributed by atoms with E-state index in [1.54, 1.807) is 0 Å². The number of rotatable bonds is 3. The van der Waals surface area contributed by atoms with Crippen LogP contribution in [0.25, 0.3) is 0 Å². The number of aliphatic imine (C=N–C) groups is 1. The quantitative estimate of drug-likeness (QED) is 0.744. The highest BCUT2D eigenvalue weighted by Crippen LogP contribution is 2.42. The van der Waals surface area contributed by atoms with E-state index in [4.69, 9.17) is 4.99 Å². The molecule has 2 aliphatic rings. The molecule has 2 aliphatic heterocycles. The van der Waals surface area contributed by atoms with Crippen LogP contribution in [0.1, 0.15) is 17.2 Å². The lowest BCUT2D eigenvalue weighted by Gasteiger charge is -2.28. The summed E-state index contributed by atoms with van der Waals surface area (Å²) in [5, 5.41) is 3.37. The Bertz CT molecular complexity index is 1090. The molecular weight excluding hydrogens is 358 g/mol. The Labute approximate surface area is 170 Å². The van der Waals surface area contributed by atoms with Gasteiger partial charge in [0.2, 0.25) is 0 Å². The molecular formula is C25H21N3O. The van der Waals surface area contributed by atoms with E-state index < -0.39 is 0 Å². The maximum atomic E-state index is 13.6. The lowest BCUT2D eigenvalue weighted by Crippen LogP contribution is -2.33. The number of carbonyl (C=O) groups excluding carboxylic acids is 1. The second-order valence-electron chi connectivity index (χ2n) is 7.14. The first kappa shape index (κ1) is 17.4. The number of anilines is 1. The molecule has 2 heterocycles. The van der Waals surface area contributed by atoms with Crippen molar-refractivity contribution in [2.45, 2.75) is 6.04 Å². The van der Waals surface area contributed by atoms with Crippen LogP contribution in [0.15, 0.2) is 107 Å². The van der Waals surface area contributed by atoms with Gasteiger partial charge in [-0.25, -0.2) is 0 Å². The first-order valence-corrected chi connectivity index (χ1v) is 9.86. The van der Waals surface area contributed by atoms with Crippen LogP contribution in [0.5, 0.6) is 0 Å². The first-order valence-electron chi connectivity index (χ1n) is 9.86. The van der Waals surface area contributed by atoms with Gasteiger partial charge in [0.1, 0.15) is 5.70 Å². The molecule has 3 aromatic carbocycles. The van der Waals surface area contributed by atoms with Crippen LogP contribution in [0.3, 0.4) is 0 Å². The molecule has 5 rings (SSSR count). The van der Waals surface area contributed by atoms with Crippen LogP contribution in [0.4, 0.5) is 5.69 Å². The number of hydrogen-bond acceptors (Lipinski definition) is 3. The second kappa shape index (κ2) is 7.40. The summed E-state index contributed by atoms with van der Waals surface area (Å²) < 4.78 is 0. The van der Waals surface area contributed by atoms with Crippen LogP contribution in [-0.2, 0) is 4.79 Å². The number of hydrogen-bond donors (Lipinski definition) is 1. The third kappa shape index (κ3) is 3.03. The van der Waals surface area contributed by atoms with Gasteiger partial charge in [-0.3, -0.25) is 14.7 Å². The van der Waals surface area contributed by atoms with Crippen molar-refractivity contribution in [3.63, 3.8) is 0 Å². The van der Waals surface area contributed by atoms with E-state index in [9.17, 15) is 4.79 Å². The van der Waals surface area contributed by atoms with Gasteiger partial charge < -0.3 is 5.32 Å². The van der Waals surface area contributed by atoms with Crippen molar-refractivity contribution in [3.05, 3.63) is 113 Å². The number of amides is 1. The van der Waals surface area contributed by atoms with E-state index in [-0.39, 0.29) is 11.9 Å². The van der Waals surface area contributed by atoms with Crippen LogP contribution in [0, 0.1) is 0 Å². The highest BCUT2D eigenvalue weighted by Gasteiger charge is 2.43. The fraction of sp³-hybridized carbons (Fsp3) is 0.120. The molecule has 1 atom stereocenters. The summed E-state index contributed by atoms with van der Waals surface area (Å²) in [5.74, 6) is -0.00872. The molecule has 0 aromatic heterocycles. The summed E-state index contributed by atoms with van der Waals surface area (Å²) in [5.41, 5.74) is 5.49. The number of para-hydroxylation sites is 1. The molecule has 0 fully saturated rings. The zero-order valence-corrected chi connectivity index (χ0v) is 16.0. The number of benzene rings is 3. The Kier molecular flexibility index (Phi) is 4.45. The molecule has 0 bridgehead atoms. The Hall–Kier alpha value is -3.66. The maximum absolute atomic E-state index is 13.6. The average molecular weight is 379 g/mol. The van der Waals surface area contributed by atoms with Crippen molar-refractivity contribution < 1.29 is 4.79 Å². The highest BCUT2D eigenvalue weighted by atomic mass is 16.2. The van der Waals surface area contributed by atoms with E-state index in [1.807, 2.05) is 71.6 Å². The summed E-state index contributed by atoms with van der Waals surface area (Å²) >= 11 is 0. The van der Waals surface area contributed by atoms with Gasteiger partial charge in [0, 0.05) is 23.4 Å². The standard InChI is InChI=1S/C25H21N3O/c29-25-23-21(22(26-16-17-27-23)18-10-4-1-5-11-18)24(19-12-6-2-7-13-19)28(25)20-14-8-3-9-15-20/h1-15,24,27H,16-17H2/t24-/m1/s1. The van der Waals surface area contributed by atoms with Crippen molar-refractivity contribution in [1.29, 1.82) is 0 Å². The third-order valence-corrected chi connectivity index (χ3v) is 5.37. The topological polar surface area (TPSA) is 44.7 Å². The van der Waals surface area contributed by atoms with Crippen LogP contribution in [0.2, 0.25) is 0 Å². The van der Waals surface area contributed by atoms with Crippen molar-refractivity contribution in [2.75, 3.05) is 18.0 Å². The summed E-state index contributed by atoms with van der Waals surface area (Å²) in [7, 11) is 0. The van der Waals surface area contributed by atoms with E-state index in [0.29, 0.717) is 18.8 Å². The Morgan fingerprint density at radius 1 is 0.828 bits per heavy atom. The molecule has 0 unspecified atom stereocenters. The van der Waals surface area contributed by atoms with Gasteiger partial charge in [-0.05, 0) is 17.7 Å². The van der Waals surface area contributed by atoms with E-state index in [2.05, 4.69) is 29.6 Å². The molecule has 1 amide bonds.